The van der Waals surface area contributed by atoms with Gasteiger partial charge in [0.25, 0.3) is 5.91 Å². The number of likely N-dealkylation sites (tertiary alicyclic amines) is 1. The minimum Gasteiger partial charge on any atom is -0.497 e. The van der Waals surface area contributed by atoms with E-state index in [4.69, 9.17) is 4.74 Å². The van der Waals surface area contributed by atoms with Gasteiger partial charge in [0.1, 0.15) is 17.1 Å². The van der Waals surface area contributed by atoms with Crippen molar-refractivity contribution in [2.24, 2.45) is 5.92 Å². The van der Waals surface area contributed by atoms with Crippen molar-refractivity contribution in [2.75, 3.05) is 27.2 Å². The summed E-state index contributed by atoms with van der Waals surface area (Å²) in [5.41, 5.74) is 1.88. The summed E-state index contributed by atoms with van der Waals surface area (Å²) in [6.07, 6.45) is 0.648. The summed E-state index contributed by atoms with van der Waals surface area (Å²) in [5.74, 6) is 0.334. The van der Waals surface area contributed by atoms with Crippen LogP contribution in [0.3, 0.4) is 0 Å². The van der Waals surface area contributed by atoms with Crippen molar-refractivity contribution in [2.45, 2.75) is 19.9 Å². The molecule has 1 saturated heterocycles. The van der Waals surface area contributed by atoms with Gasteiger partial charge >= 0.3 is 0 Å². The Balaban J connectivity index is 1.61. The molecule has 0 spiro atoms. The first-order chi connectivity index (χ1) is 12.5. The fourth-order valence-electron chi connectivity index (χ4n) is 3.09. The minimum absolute atomic E-state index is 0.00616. The maximum absolute atomic E-state index is 12.7. The van der Waals surface area contributed by atoms with Gasteiger partial charge in [0.2, 0.25) is 5.91 Å². The minimum atomic E-state index is -0.213. The first-order valence-electron chi connectivity index (χ1n) is 8.46. The van der Waals surface area contributed by atoms with Crippen molar-refractivity contribution in [1.29, 1.82) is 0 Å². The molecule has 0 bridgehead atoms. The Kier molecular flexibility index (Phi) is 5.20. The molecule has 2 amide bonds. The summed E-state index contributed by atoms with van der Waals surface area (Å²) in [6.45, 7) is 3.10. The van der Waals surface area contributed by atoms with E-state index in [2.05, 4.69) is 14.9 Å². The summed E-state index contributed by atoms with van der Waals surface area (Å²) in [4.78, 5) is 28.7. The highest BCUT2D eigenvalue weighted by Gasteiger charge is 2.33. The molecule has 1 atom stereocenters. The molecule has 26 heavy (non-hydrogen) atoms. The number of ether oxygens (including phenoxy) is 1. The second-order valence-electron chi connectivity index (χ2n) is 6.46. The molecule has 1 aromatic carbocycles. The highest BCUT2D eigenvalue weighted by Crippen LogP contribution is 2.22. The van der Waals surface area contributed by atoms with E-state index < -0.39 is 0 Å². The number of carbonyl (C=O) groups excluding carboxylic acids is 2. The number of nitrogens with zero attached hydrogens (tertiary/aromatic N) is 4. The highest BCUT2D eigenvalue weighted by molar-refractivity contribution is 5.95. The molecular weight excluding hydrogens is 336 g/mol. The summed E-state index contributed by atoms with van der Waals surface area (Å²) >= 11 is 0. The van der Waals surface area contributed by atoms with Gasteiger partial charge in [-0.05, 0) is 31.5 Å². The molecule has 8 heteroatoms. The van der Waals surface area contributed by atoms with Crippen LogP contribution in [0.5, 0.6) is 5.75 Å². The van der Waals surface area contributed by atoms with Crippen LogP contribution in [0.1, 0.15) is 28.2 Å². The Morgan fingerprint density at radius 3 is 2.88 bits per heavy atom. The predicted octanol–water partition coefficient (Wildman–Crippen LogP) is 1.51. The third-order valence-electron chi connectivity index (χ3n) is 4.65. The van der Waals surface area contributed by atoms with Gasteiger partial charge in [0, 0.05) is 25.7 Å². The average Bonchev–Trinajstić information content (AvgIpc) is 3.30. The summed E-state index contributed by atoms with van der Waals surface area (Å²) in [7, 11) is 3.29. The molecule has 1 aromatic heterocycles. The molecule has 1 aliphatic heterocycles. The molecule has 0 aliphatic carbocycles. The Bertz CT molecular complexity index is 804. The lowest BCUT2D eigenvalue weighted by molar-refractivity contribution is -0.134. The van der Waals surface area contributed by atoms with Gasteiger partial charge in [-0.15, -0.1) is 0 Å². The van der Waals surface area contributed by atoms with Gasteiger partial charge < -0.3 is 14.5 Å². The van der Waals surface area contributed by atoms with Gasteiger partial charge in [-0.2, -0.15) is 0 Å². The number of benzene rings is 1. The van der Waals surface area contributed by atoms with E-state index in [1.54, 1.807) is 55.1 Å². The molecule has 1 fully saturated rings. The van der Waals surface area contributed by atoms with E-state index in [0.29, 0.717) is 48.8 Å². The second kappa shape index (κ2) is 7.55. The number of hydrogen-bond donors (Lipinski definition) is 0. The summed E-state index contributed by atoms with van der Waals surface area (Å²) in [5, 5.41) is 7.53. The molecule has 138 valence electrons. The number of amides is 2. The van der Waals surface area contributed by atoms with Gasteiger partial charge in [0.05, 0.1) is 19.6 Å². The van der Waals surface area contributed by atoms with Crippen LogP contribution in [0.2, 0.25) is 0 Å². The third kappa shape index (κ3) is 3.68. The van der Waals surface area contributed by atoms with E-state index in [9.17, 15) is 9.59 Å². The monoisotopic (exact) mass is 358 g/mol. The van der Waals surface area contributed by atoms with Crippen LogP contribution < -0.4 is 4.74 Å². The first kappa shape index (κ1) is 17.9. The van der Waals surface area contributed by atoms with Crippen LogP contribution >= 0.6 is 0 Å². The highest BCUT2D eigenvalue weighted by atomic mass is 16.6. The van der Waals surface area contributed by atoms with Gasteiger partial charge in [-0.25, -0.2) is 4.63 Å². The zero-order chi connectivity index (χ0) is 18.7. The zero-order valence-electron chi connectivity index (χ0n) is 15.1. The van der Waals surface area contributed by atoms with Crippen molar-refractivity contribution in [1.82, 2.24) is 20.1 Å². The third-order valence-corrected chi connectivity index (χ3v) is 4.65. The molecule has 2 aromatic rings. The maximum atomic E-state index is 12.7. The first-order valence-corrected chi connectivity index (χ1v) is 8.46. The zero-order valence-corrected chi connectivity index (χ0v) is 15.1. The smallest absolute Gasteiger partial charge is 0.254 e. The van der Waals surface area contributed by atoms with E-state index >= 15 is 0 Å². The fourth-order valence-corrected chi connectivity index (χ4v) is 3.09. The largest absolute Gasteiger partial charge is 0.497 e. The number of rotatable bonds is 5. The number of aromatic nitrogens is 2. The van der Waals surface area contributed by atoms with Crippen LogP contribution in [0.4, 0.5) is 0 Å². The second-order valence-corrected chi connectivity index (χ2v) is 6.46. The molecule has 3 rings (SSSR count). The van der Waals surface area contributed by atoms with Crippen LogP contribution in [-0.4, -0.2) is 59.2 Å². The lowest BCUT2D eigenvalue weighted by atomic mass is 10.1. The lowest BCUT2D eigenvalue weighted by Gasteiger charge is -2.21. The molecule has 2 heterocycles. The number of methoxy groups -OCH3 is 1. The van der Waals surface area contributed by atoms with Gasteiger partial charge in [0.15, 0.2) is 0 Å². The van der Waals surface area contributed by atoms with E-state index in [1.165, 1.54) is 0 Å². The summed E-state index contributed by atoms with van der Waals surface area (Å²) < 4.78 is 9.83. The predicted molar refractivity (Wildman–Crippen MR) is 92.5 cm³/mol. The average molecular weight is 358 g/mol. The SMILES string of the molecule is COc1cccc(C(=O)N2CC[C@H](C(=O)N(C)Cc3nonc3C)C2)c1. The molecule has 0 radical (unpaired) electrons. The Hall–Kier alpha value is -2.90. The molecule has 1 aliphatic rings. The number of carbonyl (C=O) groups is 2. The molecular formula is C18H22N4O4. The molecule has 0 saturated carbocycles. The number of hydrogen-bond acceptors (Lipinski definition) is 6. The van der Waals surface area contributed by atoms with Crippen LogP contribution in [0.25, 0.3) is 0 Å². The van der Waals surface area contributed by atoms with Crippen LogP contribution in [0, 0.1) is 12.8 Å². The summed E-state index contributed by atoms with van der Waals surface area (Å²) in [6, 6.07) is 7.05. The Labute approximate surface area is 151 Å². The molecule has 0 unspecified atom stereocenters. The van der Waals surface area contributed by atoms with E-state index in [-0.39, 0.29) is 17.7 Å². The van der Waals surface area contributed by atoms with Gasteiger partial charge in [-0.1, -0.05) is 16.4 Å². The number of aryl methyl sites for hydroxylation is 1. The van der Waals surface area contributed by atoms with Crippen LogP contribution in [0.15, 0.2) is 28.9 Å². The van der Waals surface area contributed by atoms with Crippen molar-refractivity contribution in [3.63, 3.8) is 0 Å². The topological polar surface area (TPSA) is 88.8 Å². The maximum Gasteiger partial charge on any atom is 0.254 e. The van der Waals surface area contributed by atoms with Crippen molar-refractivity contribution >= 4 is 11.8 Å². The lowest BCUT2D eigenvalue weighted by Crippen LogP contribution is -2.35. The van der Waals surface area contributed by atoms with Crippen molar-refractivity contribution in [3.05, 3.63) is 41.2 Å². The van der Waals surface area contributed by atoms with Gasteiger partial charge in [-0.3, -0.25) is 9.59 Å². The molecule has 8 nitrogen and oxygen atoms in total. The van der Waals surface area contributed by atoms with Crippen molar-refractivity contribution < 1.29 is 19.0 Å². The van der Waals surface area contributed by atoms with Crippen molar-refractivity contribution in [3.8, 4) is 5.75 Å². The molecule has 0 N–H and O–H groups in total. The quantitative estimate of drug-likeness (QED) is 0.805. The van der Waals surface area contributed by atoms with E-state index in [0.717, 1.165) is 0 Å². The standard InChI is InChI=1S/C18H22N4O4/c1-12-16(20-26-19-12)11-21(2)17(23)14-7-8-22(10-14)18(24)13-5-4-6-15(9-13)25-3/h4-6,9,14H,7-8,10-11H2,1-3H3/t14-/m0/s1. The normalized spacial score (nSPS) is 16.6. The Morgan fingerprint density at radius 2 is 2.19 bits per heavy atom. The fraction of sp³-hybridized carbons (Fsp3) is 0.444. The van der Waals surface area contributed by atoms with E-state index in [1.807, 2.05) is 0 Å². The Morgan fingerprint density at radius 1 is 1.38 bits per heavy atom. The van der Waals surface area contributed by atoms with Crippen LogP contribution in [-0.2, 0) is 11.3 Å².